The Morgan fingerprint density at radius 1 is 1.13 bits per heavy atom. The van der Waals surface area contributed by atoms with Crippen molar-refractivity contribution in [2.75, 3.05) is 19.8 Å². The number of rotatable bonds is 7. The van der Waals surface area contributed by atoms with Gasteiger partial charge in [-0.1, -0.05) is 12.1 Å². The van der Waals surface area contributed by atoms with E-state index in [0.29, 0.717) is 42.2 Å². The molecule has 0 spiro atoms. The fraction of sp³-hybridized carbons (Fsp3) is 0.435. The van der Waals surface area contributed by atoms with Crippen molar-refractivity contribution < 1.29 is 28.6 Å². The van der Waals surface area contributed by atoms with Gasteiger partial charge in [0.1, 0.15) is 12.4 Å². The van der Waals surface area contributed by atoms with Gasteiger partial charge in [0.25, 0.3) is 0 Å². The van der Waals surface area contributed by atoms with Crippen molar-refractivity contribution in [3.8, 4) is 5.75 Å². The second kappa shape index (κ2) is 9.71. The molecule has 0 fully saturated rings. The van der Waals surface area contributed by atoms with Gasteiger partial charge in [0.05, 0.1) is 12.2 Å². The zero-order valence-corrected chi connectivity index (χ0v) is 17.6. The minimum absolute atomic E-state index is 0.0323. The third kappa shape index (κ3) is 4.79. The van der Waals surface area contributed by atoms with Gasteiger partial charge in [0.2, 0.25) is 0 Å². The fourth-order valence-corrected chi connectivity index (χ4v) is 3.90. The molecule has 1 N–H and O–H groups in total. The van der Waals surface area contributed by atoms with Crippen molar-refractivity contribution >= 4 is 17.7 Å². The first-order valence-electron chi connectivity index (χ1n) is 10.2. The number of carbonyl (C=O) groups is 3. The minimum Gasteiger partial charge on any atom is -0.460 e. The average Bonchev–Trinajstić information content (AvgIpc) is 2.70. The molecule has 2 aliphatic rings. The Morgan fingerprint density at radius 2 is 1.87 bits per heavy atom. The molecule has 7 nitrogen and oxygen atoms in total. The van der Waals surface area contributed by atoms with Gasteiger partial charge < -0.3 is 19.5 Å². The van der Waals surface area contributed by atoms with E-state index in [2.05, 4.69) is 5.32 Å². The number of allylic oxidation sites excluding steroid dienone is 3. The number of esters is 2. The highest BCUT2D eigenvalue weighted by atomic mass is 16.6. The molecule has 0 aromatic heterocycles. The van der Waals surface area contributed by atoms with E-state index in [1.807, 2.05) is 13.8 Å². The highest BCUT2D eigenvalue weighted by molar-refractivity contribution is 6.03. The predicted octanol–water partition coefficient (Wildman–Crippen LogP) is 3.16. The third-order valence-corrected chi connectivity index (χ3v) is 5.14. The summed E-state index contributed by atoms with van der Waals surface area (Å²) in [4.78, 5) is 37.0. The van der Waals surface area contributed by atoms with Gasteiger partial charge in [-0.2, -0.15) is 0 Å². The lowest BCUT2D eigenvalue weighted by molar-refractivity contribution is -0.141. The van der Waals surface area contributed by atoms with E-state index in [-0.39, 0.29) is 12.4 Å². The van der Waals surface area contributed by atoms with Crippen LogP contribution in [0.2, 0.25) is 0 Å². The lowest BCUT2D eigenvalue weighted by atomic mass is 9.75. The Kier molecular flexibility index (Phi) is 7.05. The molecule has 0 amide bonds. The van der Waals surface area contributed by atoms with E-state index in [1.54, 1.807) is 24.3 Å². The first kappa shape index (κ1) is 21.8. The molecular formula is C23H27NO6. The summed E-state index contributed by atoms with van der Waals surface area (Å²) < 4.78 is 15.8. The lowest BCUT2D eigenvalue weighted by Crippen LogP contribution is -2.34. The standard InChI is InChI=1S/C23H27NO6/c1-4-28-12-13-29-23(27)20-14(2)24-18-6-5-7-19(26)22(18)21(20)16-8-10-17(11-9-16)30-15(3)25/h8-11,21,24H,4-7,12-13H2,1-3H3. The fourth-order valence-electron chi connectivity index (χ4n) is 3.90. The second-order valence-electron chi connectivity index (χ2n) is 7.26. The molecule has 3 rings (SSSR count). The number of ketones is 1. The Bertz CT molecular complexity index is 897. The molecule has 1 aromatic rings. The molecule has 1 unspecified atom stereocenters. The zero-order valence-electron chi connectivity index (χ0n) is 17.6. The van der Waals surface area contributed by atoms with Crippen LogP contribution in [0.4, 0.5) is 0 Å². The van der Waals surface area contributed by atoms with Gasteiger partial charge >= 0.3 is 11.9 Å². The van der Waals surface area contributed by atoms with E-state index in [1.165, 1.54) is 6.92 Å². The van der Waals surface area contributed by atoms with Crippen LogP contribution in [0, 0.1) is 0 Å². The van der Waals surface area contributed by atoms with Crippen molar-refractivity contribution in [2.24, 2.45) is 0 Å². The molecule has 0 radical (unpaired) electrons. The third-order valence-electron chi connectivity index (χ3n) is 5.14. The molecule has 0 saturated heterocycles. The van der Waals surface area contributed by atoms with E-state index >= 15 is 0 Å². The van der Waals surface area contributed by atoms with Crippen LogP contribution in [0.15, 0.2) is 46.8 Å². The van der Waals surface area contributed by atoms with Crippen LogP contribution in [-0.4, -0.2) is 37.5 Å². The first-order valence-corrected chi connectivity index (χ1v) is 10.2. The summed E-state index contributed by atoms with van der Waals surface area (Å²) in [6, 6.07) is 6.89. The van der Waals surface area contributed by atoms with Crippen LogP contribution in [-0.2, 0) is 23.9 Å². The van der Waals surface area contributed by atoms with E-state index in [9.17, 15) is 14.4 Å². The number of benzene rings is 1. The second-order valence-corrected chi connectivity index (χ2v) is 7.26. The summed E-state index contributed by atoms with van der Waals surface area (Å²) in [6.45, 7) is 6.03. The SMILES string of the molecule is CCOCCOC(=O)C1=C(C)NC2=C(C(=O)CCC2)C1c1ccc(OC(C)=O)cc1. The van der Waals surface area contributed by atoms with Gasteiger partial charge in [0, 0.05) is 42.8 Å². The van der Waals surface area contributed by atoms with Gasteiger partial charge in [-0.05, 0) is 44.4 Å². The van der Waals surface area contributed by atoms with Gasteiger partial charge in [-0.25, -0.2) is 4.79 Å². The van der Waals surface area contributed by atoms with Gasteiger partial charge in [0.15, 0.2) is 5.78 Å². The van der Waals surface area contributed by atoms with Crippen LogP contribution >= 0.6 is 0 Å². The average molecular weight is 413 g/mol. The minimum atomic E-state index is -0.528. The maximum atomic E-state index is 13.0. The van der Waals surface area contributed by atoms with Crippen molar-refractivity contribution in [3.63, 3.8) is 0 Å². The van der Waals surface area contributed by atoms with E-state index < -0.39 is 17.9 Å². The van der Waals surface area contributed by atoms with Crippen molar-refractivity contribution in [3.05, 3.63) is 52.4 Å². The number of nitrogens with one attached hydrogen (secondary N) is 1. The molecule has 0 saturated carbocycles. The Morgan fingerprint density at radius 3 is 2.53 bits per heavy atom. The number of ether oxygens (including phenoxy) is 3. The molecule has 1 atom stereocenters. The highest BCUT2D eigenvalue weighted by Gasteiger charge is 2.39. The number of hydrogen-bond acceptors (Lipinski definition) is 7. The summed E-state index contributed by atoms with van der Waals surface area (Å²) in [5.74, 6) is -0.971. The summed E-state index contributed by atoms with van der Waals surface area (Å²) >= 11 is 0. The normalized spacial score (nSPS) is 18.6. The van der Waals surface area contributed by atoms with E-state index in [0.717, 1.165) is 24.1 Å². The Balaban J connectivity index is 1.96. The molecule has 1 aliphatic heterocycles. The van der Waals surface area contributed by atoms with E-state index in [4.69, 9.17) is 14.2 Å². The van der Waals surface area contributed by atoms with Gasteiger partial charge in [-0.15, -0.1) is 0 Å². The topological polar surface area (TPSA) is 90.9 Å². The maximum absolute atomic E-state index is 13.0. The number of dihydropyridines is 1. The van der Waals surface area contributed by atoms with Crippen LogP contribution < -0.4 is 10.1 Å². The van der Waals surface area contributed by atoms with Gasteiger partial charge in [-0.3, -0.25) is 9.59 Å². The largest absolute Gasteiger partial charge is 0.460 e. The summed E-state index contributed by atoms with van der Waals surface area (Å²) in [5, 5.41) is 3.26. The number of carbonyl (C=O) groups excluding carboxylic acids is 3. The quantitative estimate of drug-likeness (QED) is 0.417. The summed E-state index contributed by atoms with van der Waals surface area (Å²) in [6.07, 6.45) is 1.99. The molecule has 1 aliphatic carbocycles. The first-order chi connectivity index (χ1) is 14.4. The van der Waals surface area contributed by atoms with Crippen molar-refractivity contribution in [1.82, 2.24) is 5.32 Å². The lowest BCUT2D eigenvalue weighted by Gasteiger charge is -2.34. The summed E-state index contributed by atoms with van der Waals surface area (Å²) in [5.41, 5.74) is 3.35. The molecule has 160 valence electrons. The smallest absolute Gasteiger partial charge is 0.336 e. The van der Waals surface area contributed by atoms with Crippen LogP contribution in [0.5, 0.6) is 5.75 Å². The van der Waals surface area contributed by atoms with Crippen molar-refractivity contribution in [1.29, 1.82) is 0 Å². The number of hydrogen-bond donors (Lipinski definition) is 1. The molecule has 1 aromatic carbocycles. The maximum Gasteiger partial charge on any atom is 0.336 e. The molecular weight excluding hydrogens is 386 g/mol. The van der Waals surface area contributed by atoms with Crippen molar-refractivity contribution in [2.45, 2.75) is 46.0 Å². The zero-order chi connectivity index (χ0) is 21.7. The monoisotopic (exact) mass is 413 g/mol. The molecule has 7 heteroatoms. The molecule has 1 heterocycles. The van der Waals surface area contributed by atoms with Crippen LogP contribution in [0.1, 0.15) is 51.5 Å². The Labute approximate surface area is 176 Å². The molecule has 0 bridgehead atoms. The highest BCUT2D eigenvalue weighted by Crippen LogP contribution is 2.42. The molecule has 30 heavy (non-hydrogen) atoms. The number of Topliss-reactive ketones (excluding diaryl/α,β-unsaturated/α-hetero) is 1. The van der Waals surface area contributed by atoms with Crippen LogP contribution in [0.25, 0.3) is 0 Å². The Hall–Kier alpha value is -2.93. The van der Waals surface area contributed by atoms with Crippen LogP contribution in [0.3, 0.4) is 0 Å². The summed E-state index contributed by atoms with van der Waals surface area (Å²) in [7, 11) is 0. The predicted molar refractivity (Wildman–Crippen MR) is 110 cm³/mol.